The first-order chi connectivity index (χ1) is 9.68. The fraction of sp³-hybridized carbons (Fsp3) is 0.188. The van der Waals surface area contributed by atoms with Crippen LogP contribution in [-0.4, -0.2) is 12.4 Å². The van der Waals surface area contributed by atoms with E-state index in [1.165, 1.54) is 0 Å². The highest BCUT2D eigenvalue weighted by Crippen LogP contribution is 2.33. The first-order valence-corrected chi connectivity index (χ1v) is 7.11. The number of ketones is 1. The third-order valence-electron chi connectivity index (χ3n) is 3.45. The number of fused-ring (bicyclic) bond motifs is 1. The molecule has 0 bridgehead atoms. The summed E-state index contributed by atoms with van der Waals surface area (Å²) < 4.78 is 5.66. The van der Waals surface area contributed by atoms with Crippen molar-refractivity contribution >= 4 is 29.0 Å². The Balaban J connectivity index is 2.02. The van der Waals surface area contributed by atoms with Crippen LogP contribution in [0.2, 0.25) is 10.0 Å². The van der Waals surface area contributed by atoms with Crippen molar-refractivity contribution in [3.63, 3.8) is 0 Å². The number of carbonyl (C=O) groups is 1. The molecular weight excluding hydrogens is 295 g/mol. The Bertz CT molecular complexity index is 667. The molecule has 0 aromatic heterocycles. The van der Waals surface area contributed by atoms with Crippen LogP contribution in [0.5, 0.6) is 0 Å². The molecular formula is C16H12Cl2O2. The maximum Gasteiger partial charge on any atom is 0.197 e. The lowest BCUT2D eigenvalue weighted by atomic mass is 9.92. The summed E-state index contributed by atoms with van der Waals surface area (Å²) in [7, 11) is 0. The molecule has 2 aromatic rings. The fourth-order valence-corrected chi connectivity index (χ4v) is 2.84. The third-order valence-corrected chi connectivity index (χ3v) is 4.27. The van der Waals surface area contributed by atoms with Crippen LogP contribution in [0.3, 0.4) is 0 Å². The molecule has 102 valence electrons. The van der Waals surface area contributed by atoms with Gasteiger partial charge in [-0.15, -0.1) is 0 Å². The number of hydrogen-bond acceptors (Lipinski definition) is 2. The van der Waals surface area contributed by atoms with E-state index in [-0.39, 0.29) is 10.8 Å². The number of hydrogen-bond donors (Lipinski definition) is 0. The molecule has 0 radical (unpaired) electrons. The highest BCUT2D eigenvalue weighted by molar-refractivity contribution is 6.44. The van der Waals surface area contributed by atoms with Crippen molar-refractivity contribution < 1.29 is 9.53 Å². The Morgan fingerprint density at radius 3 is 2.75 bits per heavy atom. The SMILES string of the molecule is O=C(c1cccc(Cl)c1Cl)C1OCCc2ccccc21. The number of ether oxygens (including phenoxy) is 1. The van der Waals surface area contributed by atoms with E-state index in [1.807, 2.05) is 24.3 Å². The van der Waals surface area contributed by atoms with Gasteiger partial charge in [-0.1, -0.05) is 53.5 Å². The summed E-state index contributed by atoms with van der Waals surface area (Å²) in [5.41, 5.74) is 2.47. The molecule has 1 atom stereocenters. The molecule has 0 aliphatic carbocycles. The predicted octanol–water partition coefficient (Wildman–Crippen LogP) is 4.49. The maximum absolute atomic E-state index is 12.7. The largest absolute Gasteiger partial charge is 0.365 e. The molecule has 0 N–H and O–H groups in total. The van der Waals surface area contributed by atoms with Crippen LogP contribution in [0, 0.1) is 0 Å². The zero-order chi connectivity index (χ0) is 14.1. The second kappa shape index (κ2) is 5.57. The normalized spacial score (nSPS) is 17.6. The first-order valence-electron chi connectivity index (χ1n) is 6.36. The lowest BCUT2D eigenvalue weighted by Gasteiger charge is -2.25. The van der Waals surface area contributed by atoms with E-state index < -0.39 is 6.10 Å². The molecule has 3 rings (SSSR count). The van der Waals surface area contributed by atoms with Gasteiger partial charge in [0.05, 0.1) is 16.7 Å². The van der Waals surface area contributed by atoms with E-state index in [1.54, 1.807) is 18.2 Å². The number of carbonyl (C=O) groups excluding carboxylic acids is 1. The molecule has 1 heterocycles. The van der Waals surface area contributed by atoms with Gasteiger partial charge in [0.2, 0.25) is 0 Å². The summed E-state index contributed by atoms with van der Waals surface area (Å²) in [6.45, 7) is 0.533. The Kier molecular flexibility index (Phi) is 3.79. The van der Waals surface area contributed by atoms with E-state index in [0.29, 0.717) is 17.2 Å². The topological polar surface area (TPSA) is 26.3 Å². The number of halogens is 2. The lowest BCUT2D eigenvalue weighted by molar-refractivity contribution is 0.0349. The average Bonchev–Trinajstić information content (AvgIpc) is 2.49. The van der Waals surface area contributed by atoms with Crippen molar-refractivity contribution in [2.45, 2.75) is 12.5 Å². The smallest absolute Gasteiger partial charge is 0.197 e. The van der Waals surface area contributed by atoms with Gasteiger partial charge in [-0.2, -0.15) is 0 Å². The van der Waals surface area contributed by atoms with E-state index in [2.05, 4.69) is 0 Å². The third kappa shape index (κ3) is 2.35. The predicted molar refractivity (Wildman–Crippen MR) is 79.6 cm³/mol. The van der Waals surface area contributed by atoms with Crippen molar-refractivity contribution in [2.75, 3.05) is 6.61 Å². The molecule has 2 aromatic carbocycles. The van der Waals surface area contributed by atoms with Crippen molar-refractivity contribution in [3.05, 3.63) is 69.2 Å². The molecule has 20 heavy (non-hydrogen) atoms. The van der Waals surface area contributed by atoms with Gasteiger partial charge in [-0.3, -0.25) is 4.79 Å². The van der Waals surface area contributed by atoms with Crippen LogP contribution in [0.4, 0.5) is 0 Å². The van der Waals surface area contributed by atoms with Crippen molar-refractivity contribution in [2.24, 2.45) is 0 Å². The lowest BCUT2D eigenvalue weighted by Crippen LogP contribution is -2.23. The standard InChI is InChI=1S/C16H12Cl2O2/c17-13-7-3-6-12(14(13)18)15(19)16-11-5-2-1-4-10(11)8-9-20-16/h1-7,16H,8-9H2. The number of Topliss-reactive ketones (excluding diaryl/α,β-unsaturated/α-hetero) is 1. The van der Waals surface area contributed by atoms with Gasteiger partial charge in [0.25, 0.3) is 0 Å². The number of benzene rings is 2. The van der Waals surface area contributed by atoms with Gasteiger partial charge in [0.15, 0.2) is 5.78 Å². The number of rotatable bonds is 2. The zero-order valence-corrected chi connectivity index (χ0v) is 12.1. The minimum atomic E-state index is -0.601. The van der Waals surface area contributed by atoms with Crippen LogP contribution in [0.25, 0.3) is 0 Å². The quantitative estimate of drug-likeness (QED) is 0.764. The summed E-state index contributed by atoms with van der Waals surface area (Å²) in [5.74, 6) is -0.148. The van der Waals surface area contributed by atoms with Gasteiger partial charge < -0.3 is 4.74 Å². The van der Waals surface area contributed by atoms with E-state index in [9.17, 15) is 4.79 Å². The molecule has 2 nitrogen and oxygen atoms in total. The second-order valence-corrected chi connectivity index (χ2v) is 5.45. The maximum atomic E-state index is 12.7. The Morgan fingerprint density at radius 2 is 1.90 bits per heavy atom. The first kappa shape index (κ1) is 13.6. The minimum Gasteiger partial charge on any atom is -0.365 e. The van der Waals surface area contributed by atoms with Crippen molar-refractivity contribution in [3.8, 4) is 0 Å². The van der Waals surface area contributed by atoms with Crippen LogP contribution in [0.15, 0.2) is 42.5 Å². The Hall–Kier alpha value is -1.35. The van der Waals surface area contributed by atoms with E-state index in [4.69, 9.17) is 27.9 Å². The van der Waals surface area contributed by atoms with Gasteiger partial charge in [0.1, 0.15) is 6.10 Å². The molecule has 1 aliphatic heterocycles. The Morgan fingerprint density at radius 1 is 1.10 bits per heavy atom. The van der Waals surface area contributed by atoms with Crippen LogP contribution in [-0.2, 0) is 11.2 Å². The molecule has 0 saturated carbocycles. The average molecular weight is 307 g/mol. The van der Waals surface area contributed by atoms with E-state index >= 15 is 0 Å². The Labute approximate surface area is 127 Å². The highest BCUT2D eigenvalue weighted by Gasteiger charge is 2.29. The van der Waals surface area contributed by atoms with Crippen LogP contribution >= 0.6 is 23.2 Å². The van der Waals surface area contributed by atoms with E-state index in [0.717, 1.165) is 17.5 Å². The molecule has 1 aliphatic rings. The molecule has 0 saturated heterocycles. The van der Waals surface area contributed by atoms with Gasteiger partial charge in [-0.05, 0) is 29.7 Å². The fourth-order valence-electron chi connectivity index (χ4n) is 2.45. The summed E-state index contributed by atoms with van der Waals surface area (Å²) in [6.07, 6.45) is 0.222. The monoisotopic (exact) mass is 306 g/mol. The minimum absolute atomic E-state index is 0.148. The summed E-state index contributed by atoms with van der Waals surface area (Å²) in [4.78, 5) is 12.7. The highest BCUT2D eigenvalue weighted by atomic mass is 35.5. The van der Waals surface area contributed by atoms with Crippen molar-refractivity contribution in [1.82, 2.24) is 0 Å². The molecule has 0 fully saturated rings. The van der Waals surface area contributed by atoms with Gasteiger partial charge in [-0.25, -0.2) is 0 Å². The van der Waals surface area contributed by atoms with Gasteiger partial charge in [0, 0.05) is 5.56 Å². The van der Waals surface area contributed by atoms with Crippen molar-refractivity contribution in [1.29, 1.82) is 0 Å². The molecule has 4 heteroatoms. The second-order valence-electron chi connectivity index (χ2n) is 4.67. The molecule has 1 unspecified atom stereocenters. The van der Waals surface area contributed by atoms with Crippen LogP contribution < -0.4 is 0 Å². The summed E-state index contributed by atoms with van der Waals surface area (Å²) in [6, 6.07) is 12.9. The molecule has 0 amide bonds. The summed E-state index contributed by atoms with van der Waals surface area (Å²) >= 11 is 12.1. The zero-order valence-electron chi connectivity index (χ0n) is 10.6. The van der Waals surface area contributed by atoms with Crippen LogP contribution in [0.1, 0.15) is 27.6 Å². The summed E-state index contributed by atoms with van der Waals surface area (Å²) in [5, 5.41) is 0.660. The molecule has 0 spiro atoms. The van der Waals surface area contributed by atoms with Gasteiger partial charge >= 0.3 is 0 Å².